The third kappa shape index (κ3) is 4.75. The first-order valence-corrected chi connectivity index (χ1v) is 7.88. The molecule has 0 aromatic heterocycles. The fraction of sp³-hybridized carbons (Fsp3) is 0.167. The van der Waals surface area contributed by atoms with Gasteiger partial charge in [0.15, 0.2) is 0 Å². The molecule has 0 aliphatic heterocycles. The Bertz CT molecular complexity index is 722. The summed E-state index contributed by atoms with van der Waals surface area (Å²) in [5, 5.41) is 11.8. The van der Waals surface area contributed by atoms with Gasteiger partial charge in [0, 0.05) is 0 Å². The van der Waals surface area contributed by atoms with Crippen molar-refractivity contribution in [3.8, 4) is 5.75 Å². The van der Waals surface area contributed by atoms with Gasteiger partial charge < -0.3 is 14.6 Å². The first-order chi connectivity index (χ1) is 11.0. The highest BCUT2D eigenvalue weighted by molar-refractivity contribution is 6.42. The number of hydrogen-bond donors (Lipinski definition) is 0. The number of carbonyl (C=O) groups excluding carboxylic acids is 1. The molecule has 0 N–H and O–H groups in total. The van der Waals surface area contributed by atoms with Crippen molar-refractivity contribution in [3.63, 3.8) is 0 Å². The van der Waals surface area contributed by atoms with Crippen LogP contribution in [-0.2, 0) is 4.79 Å². The van der Waals surface area contributed by atoms with Crippen LogP contribution in [0.4, 0.5) is 0 Å². The zero-order chi connectivity index (χ0) is 16.8. The summed E-state index contributed by atoms with van der Waals surface area (Å²) in [5.74, 6) is -0.546. The summed E-state index contributed by atoms with van der Waals surface area (Å²) in [6.45, 7) is 2.66. The van der Waals surface area contributed by atoms with Gasteiger partial charge in [0.2, 0.25) is 0 Å². The molecule has 0 saturated carbocycles. The minimum absolute atomic E-state index is 0.358. The molecule has 0 atom stereocenters. The van der Waals surface area contributed by atoms with Crippen LogP contribution in [0.5, 0.6) is 5.75 Å². The third-order valence-corrected chi connectivity index (χ3v) is 3.87. The molecular formula is C18H15Cl2O3-. The number of ether oxygens (including phenoxy) is 1. The van der Waals surface area contributed by atoms with E-state index in [1.807, 2.05) is 6.92 Å². The smallest absolute Gasteiger partial charge is 0.119 e. The van der Waals surface area contributed by atoms with Crippen molar-refractivity contribution < 1.29 is 14.6 Å². The Kier molecular flexibility index (Phi) is 6.08. The zero-order valence-electron chi connectivity index (χ0n) is 12.5. The molecular weight excluding hydrogens is 335 g/mol. The SMILES string of the molecule is CCCOc1ccc(/C(=C/C(=O)[O-])c2ccc(Cl)c(Cl)c2)cc1. The van der Waals surface area contributed by atoms with Crippen LogP contribution in [0.25, 0.3) is 5.57 Å². The molecule has 5 heteroatoms. The Balaban J connectivity index is 2.39. The number of aliphatic carboxylic acids is 1. The van der Waals surface area contributed by atoms with Gasteiger partial charge in [-0.2, -0.15) is 0 Å². The second-order valence-corrected chi connectivity index (χ2v) is 5.69. The molecule has 0 spiro atoms. The number of halogens is 2. The monoisotopic (exact) mass is 349 g/mol. The molecule has 0 heterocycles. The Morgan fingerprint density at radius 3 is 2.30 bits per heavy atom. The van der Waals surface area contributed by atoms with Crippen LogP contribution < -0.4 is 9.84 Å². The summed E-state index contributed by atoms with van der Waals surface area (Å²) < 4.78 is 5.52. The average Bonchev–Trinajstić information content (AvgIpc) is 2.54. The Hall–Kier alpha value is -1.97. The number of carbonyl (C=O) groups is 1. The normalized spacial score (nSPS) is 11.3. The van der Waals surface area contributed by atoms with E-state index < -0.39 is 5.97 Å². The molecule has 0 amide bonds. The molecule has 2 rings (SSSR count). The summed E-state index contributed by atoms with van der Waals surface area (Å²) in [7, 11) is 0. The van der Waals surface area contributed by atoms with E-state index in [0.717, 1.165) is 23.8 Å². The lowest BCUT2D eigenvalue weighted by Gasteiger charge is -2.12. The van der Waals surface area contributed by atoms with Crippen LogP contribution >= 0.6 is 23.2 Å². The second kappa shape index (κ2) is 8.04. The van der Waals surface area contributed by atoms with E-state index in [1.165, 1.54) is 0 Å². The first kappa shape index (κ1) is 17.4. The number of hydrogen-bond acceptors (Lipinski definition) is 3. The second-order valence-electron chi connectivity index (χ2n) is 4.88. The third-order valence-electron chi connectivity index (χ3n) is 3.13. The predicted molar refractivity (Wildman–Crippen MR) is 90.8 cm³/mol. The van der Waals surface area contributed by atoms with Crippen molar-refractivity contribution in [3.05, 3.63) is 69.7 Å². The quantitative estimate of drug-likeness (QED) is 0.741. The molecule has 0 bridgehead atoms. The van der Waals surface area contributed by atoms with Gasteiger partial charge in [-0.3, -0.25) is 0 Å². The van der Waals surface area contributed by atoms with E-state index >= 15 is 0 Å². The molecule has 3 nitrogen and oxygen atoms in total. The van der Waals surface area contributed by atoms with Crippen LogP contribution in [0.1, 0.15) is 24.5 Å². The molecule has 120 valence electrons. The van der Waals surface area contributed by atoms with Gasteiger partial charge in [-0.1, -0.05) is 48.3 Å². The maximum absolute atomic E-state index is 11.0. The number of benzene rings is 2. The van der Waals surface area contributed by atoms with Crippen molar-refractivity contribution in [1.82, 2.24) is 0 Å². The van der Waals surface area contributed by atoms with Gasteiger partial charge in [0.05, 0.1) is 22.6 Å². The minimum Gasteiger partial charge on any atom is -0.545 e. The minimum atomic E-state index is -1.28. The summed E-state index contributed by atoms with van der Waals surface area (Å²) in [5.41, 5.74) is 1.85. The summed E-state index contributed by atoms with van der Waals surface area (Å²) >= 11 is 11.9. The van der Waals surface area contributed by atoms with Gasteiger partial charge in [-0.25, -0.2) is 0 Å². The summed E-state index contributed by atoms with van der Waals surface area (Å²) in [6.07, 6.45) is 1.96. The lowest BCUT2D eigenvalue weighted by atomic mass is 9.97. The lowest BCUT2D eigenvalue weighted by Crippen LogP contribution is -2.19. The van der Waals surface area contributed by atoms with Gasteiger partial charge in [-0.05, 0) is 53.5 Å². The number of carboxylic acid groups (broad SMARTS) is 1. The maximum atomic E-state index is 11.0. The standard InChI is InChI=1S/C18H16Cl2O3/c1-2-9-23-14-6-3-12(4-7-14)15(11-18(21)22)13-5-8-16(19)17(20)10-13/h3-8,10-11H,2,9H2,1H3,(H,21,22)/p-1/b15-11-. The zero-order valence-corrected chi connectivity index (χ0v) is 14.0. The average molecular weight is 350 g/mol. The molecule has 2 aromatic rings. The van der Waals surface area contributed by atoms with Crippen molar-refractivity contribution in [2.45, 2.75) is 13.3 Å². The van der Waals surface area contributed by atoms with Gasteiger partial charge in [0.1, 0.15) is 5.75 Å². The fourth-order valence-corrected chi connectivity index (χ4v) is 2.36. The molecule has 0 aliphatic carbocycles. The highest BCUT2D eigenvalue weighted by atomic mass is 35.5. The van der Waals surface area contributed by atoms with Crippen molar-refractivity contribution in [2.24, 2.45) is 0 Å². The number of carboxylic acids is 1. The van der Waals surface area contributed by atoms with E-state index in [0.29, 0.717) is 27.8 Å². The summed E-state index contributed by atoms with van der Waals surface area (Å²) in [6, 6.07) is 12.1. The Morgan fingerprint density at radius 1 is 1.09 bits per heavy atom. The van der Waals surface area contributed by atoms with Crippen LogP contribution in [0.15, 0.2) is 48.5 Å². The topological polar surface area (TPSA) is 49.4 Å². The van der Waals surface area contributed by atoms with Gasteiger partial charge >= 0.3 is 0 Å². The first-order valence-electron chi connectivity index (χ1n) is 7.12. The van der Waals surface area contributed by atoms with E-state index in [1.54, 1.807) is 42.5 Å². The van der Waals surface area contributed by atoms with Crippen LogP contribution in [0.3, 0.4) is 0 Å². The lowest BCUT2D eigenvalue weighted by molar-refractivity contribution is -0.297. The van der Waals surface area contributed by atoms with Gasteiger partial charge in [0.25, 0.3) is 0 Å². The highest BCUT2D eigenvalue weighted by Crippen LogP contribution is 2.30. The van der Waals surface area contributed by atoms with Crippen molar-refractivity contribution in [2.75, 3.05) is 6.61 Å². The van der Waals surface area contributed by atoms with E-state index in [4.69, 9.17) is 27.9 Å². The molecule has 2 aromatic carbocycles. The largest absolute Gasteiger partial charge is 0.545 e. The molecule has 0 radical (unpaired) electrons. The molecule has 0 aliphatic rings. The molecule has 23 heavy (non-hydrogen) atoms. The molecule has 0 saturated heterocycles. The van der Waals surface area contributed by atoms with Crippen molar-refractivity contribution in [1.29, 1.82) is 0 Å². The summed E-state index contributed by atoms with van der Waals surface area (Å²) in [4.78, 5) is 11.0. The van der Waals surface area contributed by atoms with Crippen LogP contribution in [0, 0.1) is 0 Å². The number of rotatable bonds is 6. The Morgan fingerprint density at radius 2 is 1.74 bits per heavy atom. The fourth-order valence-electron chi connectivity index (χ4n) is 2.07. The Labute approximate surface area is 145 Å². The van der Waals surface area contributed by atoms with Crippen LogP contribution in [-0.4, -0.2) is 12.6 Å². The van der Waals surface area contributed by atoms with E-state index in [-0.39, 0.29) is 0 Å². The van der Waals surface area contributed by atoms with E-state index in [2.05, 4.69) is 0 Å². The molecule has 0 fully saturated rings. The maximum Gasteiger partial charge on any atom is 0.119 e. The molecule has 0 unspecified atom stereocenters. The van der Waals surface area contributed by atoms with Gasteiger partial charge in [-0.15, -0.1) is 0 Å². The predicted octanol–water partition coefficient (Wildman–Crippen LogP) is 3.96. The highest BCUT2D eigenvalue weighted by Gasteiger charge is 2.08. The van der Waals surface area contributed by atoms with Crippen molar-refractivity contribution >= 4 is 34.7 Å². The van der Waals surface area contributed by atoms with E-state index in [9.17, 15) is 9.90 Å². The van der Waals surface area contributed by atoms with Crippen LogP contribution in [0.2, 0.25) is 10.0 Å².